The zero-order chi connectivity index (χ0) is 20.5. The van der Waals surface area contributed by atoms with Crippen molar-refractivity contribution in [3.63, 3.8) is 0 Å². The van der Waals surface area contributed by atoms with Crippen molar-refractivity contribution in [3.05, 3.63) is 35.9 Å². The summed E-state index contributed by atoms with van der Waals surface area (Å²) in [5.74, 6) is 0.723. The summed E-state index contributed by atoms with van der Waals surface area (Å²) in [5, 5.41) is 17.8. The van der Waals surface area contributed by atoms with E-state index in [1.807, 2.05) is 52.8 Å². The summed E-state index contributed by atoms with van der Waals surface area (Å²) < 4.78 is 16.7. The van der Waals surface area contributed by atoms with E-state index in [-0.39, 0.29) is 18.3 Å². The van der Waals surface area contributed by atoms with E-state index in [1.165, 1.54) is 5.56 Å². The normalized spacial score (nSPS) is 13.4. The second kappa shape index (κ2) is 17.1. The average Bonchev–Trinajstić information content (AvgIpc) is 2.63. The third kappa shape index (κ3) is 15.7. The lowest BCUT2D eigenvalue weighted by molar-refractivity contribution is -0.169. The molecular formula is C22H40O5. The maximum atomic E-state index is 9.67. The van der Waals surface area contributed by atoms with Crippen LogP contribution in [0.2, 0.25) is 0 Å². The third-order valence-electron chi connectivity index (χ3n) is 3.72. The lowest BCUT2D eigenvalue weighted by atomic mass is 9.95. The fourth-order valence-corrected chi connectivity index (χ4v) is 2.49. The van der Waals surface area contributed by atoms with Crippen LogP contribution in [-0.4, -0.2) is 55.6 Å². The Balaban J connectivity index is 0.00000119. The van der Waals surface area contributed by atoms with Gasteiger partial charge in [0, 0.05) is 19.8 Å². The second-order valence-corrected chi connectivity index (χ2v) is 7.09. The molecule has 0 aromatic heterocycles. The minimum atomic E-state index is -0.327. The SMILES string of the molecule is CC(C)CO.CCOC(COCC(Cc1ccccc1)CC(C)O)OCC. The van der Waals surface area contributed by atoms with Gasteiger partial charge >= 0.3 is 0 Å². The molecule has 0 aliphatic rings. The number of hydrogen-bond acceptors (Lipinski definition) is 5. The van der Waals surface area contributed by atoms with Gasteiger partial charge in [-0.05, 0) is 51.0 Å². The van der Waals surface area contributed by atoms with Gasteiger partial charge in [0.25, 0.3) is 0 Å². The predicted octanol–water partition coefficient (Wildman–Crippen LogP) is 3.67. The molecule has 1 aromatic rings. The summed E-state index contributed by atoms with van der Waals surface area (Å²) >= 11 is 0. The summed E-state index contributed by atoms with van der Waals surface area (Å²) in [4.78, 5) is 0. The molecule has 0 saturated carbocycles. The van der Waals surface area contributed by atoms with E-state index >= 15 is 0 Å². The Hall–Kier alpha value is -0.980. The Kier molecular flexibility index (Phi) is 16.5. The van der Waals surface area contributed by atoms with Crippen molar-refractivity contribution in [2.24, 2.45) is 11.8 Å². The van der Waals surface area contributed by atoms with Crippen LogP contribution in [0.3, 0.4) is 0 Å². The Bertz CT molecular complexity index is 416. The first-order valence-corrected chi connectivity index (χ1v) is 10.1. The van der Waals surface area contributed by atoms with Crippen molar-refractivity contribution in [1.29, 1.82) is 0 Å². The van der Waals surface area contributed by atoms with Crippen LogP contribution < -0.4 is 0 Å². The highest BCUT2D eigenvalue weighted by molar-refractivity contribution is 5.15. The minimum absolute atomic E-state index is 0.284. The lowest BCUT2D eigenvalue weighted by Gasteiger charge is -2.21. The van der Waals surface area contributed by atoms with Crippen molar-refractivity contribution < 1.29 is 24.4 Å². The Morgan fingerprint density at radius 2 is 1.48 bits per heavy atom. The van der Waals surface area contributed by atoms with Gasteiger partial charge in [-0.25, -0.2) is 0 Å². The van der Waals surface area contributed by atoms with Gasteiger partial charge in [-0.3, -0.25) is 0 Å². The van der Waals surface area contributed by atoms with Crippen LogP contribution in [0.25, 0.3) is 0 Å². The van der Waals surface area contributed by atoms with Gasteiger partial charge in [0.05, 0.1) is 19.3 Å². The standard InChI is InChI=1S/C18H30O4.C4H10O/c1-4-21-18(22-5-2)14-20-13-17(11-15(3)19)12-16-9-7-6-8-10-16;1-4(2)3-5/h6-10,15,17-19H,4-5,11-14H2,1-3H3;4-5H,3H2,1-2H3. The number of ether oxygens (including phenoxy) is 3. The molecule has 2 atom stereocenters. The number of benzene rings is 1. The summed E-state index contributed by atoms with van der Waals surface area (Å²) in [5.41, 5.74) is 1.27. The zero-order valence-electron chi connectivity index (χ0n) is 17.8. The molecule has 0 fully saturated rings. The van der Waals surface area contributed by atoms with Crippen LogP contribution in [-0.2, 0) is 20.6 Å². The van der Waals surface area contributed by atoms with Crippen LogP contribution in [0.15, 0.2) is 30.3 Å². The molecule has 0 amide bonds. The first kappa shape index (κ1) is 26.0. The molecule has 2 N–H and O–H groups in total. The van der Waals surface area contributed by atoms with Crippen LogP contribution in [0, 0.1) is 11.8 Å². The topological polar surface area (TPSA) is 68.2 Å². The summed E-state index contributed by atoms with van der Waals surface area (Å²) in [6, 6.07) is 10.3. The Morgan fingerprint density at radius 1 is 0.926 bits per heavy atom. The fraction of sp³-hybridized carbons (Fsp3) is 0.727. The fourth-order valence-electron chi connectivity index (χ4n) is 2.49. The van der Waals surface area contributed by atoms with Crippen LogP contribution >= 0.6 is 0 Å². The van der Waals surface area contributed by atoms with Crippen molar-refractivity contribution in [2.45, 2.75) is 59.9 Å². The summed E-state index contributed by atoms with van der Waals surface area (Å²) in [7, 11) is 0. The van der Waals surface area contributed by atoms with Crippen LogP contribution in [0.1, 0.15) is 46.6 Å². The van der Waals surface area contributed by atoms with Crippen LogP contribution in [0.5, 0.6) is 0 Å². The molecule has 2 unspecified atom stereocenters. The molecule has 5 nitrogen and oxygen atoms in total. The Morgan fingerprint density at radius 3 is 1.93 bits per heavy atom. The highest BCUT2D eigenvalue weighted by Crippen LogP contribution is 2.15. The molecule has 158 valence electrons. The zero-order valence-corrected chi connectivity index (χ0v) is 17.8. The van der Waals surface area contributed by atoms with E-state index < -0.39 is 0 Å². The number of aliphatic hydroxyl groups excluding tert-OH is 2. The summed E-state index contributed by atoms with van der Waals surface area (Å²) in [6.45, 7) is 12.2. The lowest BCUT2D eigenvalue weighted by Crippen LogP contribution is -2.26. The largest absolute Gasteiger partial charge is 0.396 e. The predicted molar refractivity (Wildman–Crippen MR) is 110 cm³/mol. The molecule has 0 aliphatic heterocycles. The molecule has 0 aliphatic carbocycles. The third-order valence-corrected chi connectivity index (χ3v) is 3.72. The maximum Gasteiger partial charge on any atom is 0.180 e. The molecule has 0 heterocycles. The first-order chi connectivity index (χ1) is 12.9. The molecule has 0 spiro atoms. The molecule has 0 bridgehead atoms. The molecule has 5 heteroatoms. The maximum absolute atomic E-state index is 9.67. The van der Waals surface area contributed by atoms with E-state index in [1.54, 1.807) is 0 Å². The molecular weight excluding hydrogens is 344 g/mol. The number of aliphatic hydroxyl groups is 2. The van der Waals surface area contributed by atoms with Crippen molar-refractivity contribution in [1.82, 2.24) is 0 Å². The van der Waals surface area contributed by atoms with Crippen molar-refractivity contribution in [2.75, 3.05) is 33.0 Å². The van der Waals surface area contributed by atoms with Gasteiger partial charge in [0.1, 0.15) is 0 Å². The highest BCUT2D eigenvalue weighted by atomic mass is 16.7. The van der Waals surface area contributed by atoms with E-state index in [0.29, 0.717) is 39.0 Å². The second-order valence-electron chi connectivity index (χ2n) is 7.09. The summed E-state index contributed by atoms with van der Waals surface area (Å²) in [6.07, 6.45) is 0.994. The van der Waals surface area contributed by atoms with E-state index in [9.17, 15) is 5.11 Å². The Labute approximate surface area is 165 Å². The molecule has 0 radical (unpaired) electrons. The molecule has 27 heavy (non-hydrogen) atoms. The van der Waals surface area contributed by atoms with Gasteiger partial charge in [-0.15, -0.1) is 0 Å². The van der Waals surface area contributed by atoms with Gasteiger partial charge in [0.15, 0.2) is 6.29 Å². The van der Waals surface area contributed by atoms with Gasteiger partial charge in [-0.2, -0.15) is 0 Å². The molecule has 1 rings (SSSR count). The van der Waals surface area contributed by atoms with E-state index in [0.717, 1.165) is 12.8 Å². The van der Waals surface area contributed by atoms with Crippen molar-refractivity contribution in [3.8, 4) is 0 Å². The molecule has 1 aromatic carbocycles. The van der Waals surface area contributed by atoms with Crippen LogP contribution in [0.4, 0.5) is 0 Å². The smallest absolute Gasteiger partial charge is 0.180 e. The highest BCUT2D eigenvalue weighted by Gasteiger charge is 2.15. The van der Waals surface area contributed by atoms with Crippen molar-refractivity contribution >= 4 is 0 Å². The quantitative estimate of drug-likeness (QED) is 0.508. The minimum Gasteiger partial charge on any atom is -0.396 e. The average molecular weight is 385 g/mol. The van der Waals surface area contributed by atoms with Gasteiger partial charge in [-0.1, -0.05) is 44.2 Å². The van der Waals surface area contributed by atoms with Gasteiger partial charge in [0.2, 0.25) is 0 Å². The number of hydrogen-bond donors (Lipinski definition) is 2. The first-order valence-electron chi connectivity index (χ1n) is 10.1. The van der Waals surface area contributed by atoms with Gasteiger partial charge < -0.3 is 24.4 Å². The monoisotopic (exact) mass is 384 g/mol. The number of rotatable bonds is 13. The van der Waals surface area contributed by atoms with E-state index in [4.69, 9.17) is 19.3 Å². The molecule has 0 saturated heterocycles. The van der Waals surface area contributed by atoms with E-state index in [2.05, 4.69) is 12.1 Å².